The van der Waals surface area contributed by atoms with Gasteiger partial charge in [0, 0.05) is 10.5 Å². The van der Waals surface area contributed by atoms with Crippen LogP contribution in [0, 0.1) is 0 Å². The van der Waals surface area contributed by atoms with Crippen LogP contribution in [-0.2, 0) is 6.18 Å². The van der Waals surface area contributed by atoms with Gasteiger partial charge in [-0.25, -0.2) is 0 Å². The van der Waals surface area contributed by atoms with Crippen LogP contribution in [-0.4, -0.2) is 21.2 Å². The van der Waals surface area contributed by atoms with E-state index in [1.807, 2.05) is 0 Å². The molecule has 1 aromatic carbocycles. The van der Waals surface area contributed by atoms with Crippen molar-refractivity contribution in [2.45, 2.75) is 15.4 Å². The van der Waals surface area contributed by atoms with Crippen molar-refractivity contribution in [3.05, 3.63) is 34.8 Å². The zero-order chi connectivity index (χ0) is 14.8. The summed E-state index contributed by atoms with van der Waals surface area (Å²) in [6.45, 7) is 0. The number of alkyl halides is 3. The summed E-state index contributed by atoms with van der Waals surface area (Å²) < 4.78 is 39.1. The Balaban J connectivity index is 2.43. The van der Waals surface area contributed by atoms with Gasteiger partial charge in [-0.3, -0.25) is 0 Å². The largest absolute Gasteiger partial charge is 0.417 e. The number of hydrogen-bond acceptors (Lipinski definition) is 6. The SMILES string of the molecule is N/C(=N/O)c1cc(Sc2nncs2)ccc1C(F)(F)F. The van der Waals surface area contributed by atoms with Crippen LogP contribution in [0.5, 0.6) is 0 Å². The Bertz CT molecular complexity index is 628. The van der Waals surface area contributed by atoms with Crippen LogP contribution >= 0.6 is 23.1 Å². The van der Waals surface area contributed by atoms with Crippen molar-refractivity contribution in [3.63, 3.8) is 0 Å². The van der Waals surface area contributed by atoms with Crippen LogP contribution in [0.25, 0.3) is 0 Å². The Kier molecular flexibility index (Phi) is 4.14. The molecule has 1 heterocycles. The Morgan fingerprint density at radius 2 is 2.15 bits per heavy atom. The van der Waals surface area contributed by atoms with Gasteiger partial charge in [0.15, 0.2) is 10.2 Å². The summed E-state index contributed by atoms with van der Waals surface area (Å²) in [7, 11) is 0. The Hall–Kier alpha value is -1.81. The maximum Gasteiger partial charge on any atom is 0.417 e. The van der Waals surface area contributed by atoms with E-state index in [1.54, 1.807) is 0 Å². The van der Waals surface area contributed by atoms with Gasteiger partial charge in [0.2, 0.25) is 0 Å². The lowest BCUT2D eigenvalue weighted by molar-refractivity contribution is -0.137. The fourth-order valence-corrected chi connectivity index (χ4v) is 2.90. The monoisotopic (exact) mass is 320 g/mol. The lowest BCUT2D eigenvalue weighted by Crippen LogP contribution is -2.20. The first-order valence-electron chi connectivity index (χ1n) is 5.05. The van der Waals surface area contributed by atoms with Crippen LogP contribution in [0.1, 0.15) is 11.1 Å². The smallest absolute Gasteiger partial charge is 0.409 e. The van der Waals surface area contributed by atoms with Crippen molar-refractivity contribution in [1.82, 2.24) is 10.2 Å². The van der Waals surface area contributed by atoms with E-state index < -0.39 is 17.6 Å². The summed E-state index contributed by atoms with van der Waals surface area (Å²) in [5.74, 6) is -0.600. The summed E-state index contributed by atoms with van der Waals surface area (Å²) in [6, 6.07) is 3.38. The molecule has 0 saturated heterocycles. The standard InChI is InChI=1S/C10H7F3N4OS2/c11-10(12,13)7-2-1-5(3-6(7)8(14)17-18)20-9-16-15-4-19-9/h1-4,18H,(H2,14,17). The molecule has 10 heteroatoms. The van der Waals surface area contributed by atoms with E-state index in [-0.39, 0.29) is 5.56 Å². The predicted molar refractivity (Wildman–Crippen MR) is 68.0 cm³/mol. The van der Waals surface area contributed by atoms with Gasteiger partial charge in [-0.2, -0.15) is 13.2 Å². The second kappa shape index (κ2) is 5.67. The molecule has 0 radical (unpaired) electrons. The third-order valence-corrected chi connectivity index (χ3v) is 3.99. The number of rotatable bonds is 3. The molecule has 0 unspecified atom stereocenters. The number of nitrogens with two attached hydrogens (primary N) is 1. The van der Waals surface area contributed by atoms with Gasteiger partial charge in [-0.1, -0.05) is 28.3 Å². The molecule has 0 atom stereocenters. The van der Waals surface area contributed by atoms with Crippen LogP contribution in [0.4, 0.5) is 13.2 Å². The molecule has 1 aromatic heterocycles. The molecule has 0 bridgehead atoms. The molecular formula is C10H7F3N4OS2. The van der Waals surface area contributed by atoms with Gasteiger partial charge in [0.05, 0.1) is 5.56 Å². The van der Waals surface area contributed by atoms with E-state index in [2.05, 4.69) is 15.4 Å². The normalized spacial score (nSPS) is 12.7. The molecular weight excluding hydrogens is 313 g/mol. The highest BCUT2D eigenvalue weighted by Crippen LogP contribution is 2.36. The summed E-state index contributed by atoms with van der Waals surface area (Å²) >= 11 is 2.40. The number of hydrogen-bond donors (Lipinski definition) is 2. The first kappa shape index (κ1) is 14.6. The summed E-state index contributed by atoms with van der Waals surface area (Å²) in [6.07, 6.45) is -4.59. The minimum absolute atomic E-state index is 0.380. The van der Waals surface area contributed by atoms with Gasteiger partial charge < -0.3 is 10.9 Å². The van der Waals surface area contributed by atoms with E-state index in [4.69, 9.17) is 10.9 Å². The number of oxime groups is 1. The fraction of sp³-hybridized carbons (Fsp3) is 0.100. The number of nitrogens with zero attached hydrogens (tertiary/aromatic N) is 3. The van der Waals surface area contributed by atoms with E-state index >= 15 is 0 Å². The Labute approximate surface area is 119 Å². The second-order valence-corrected chi connectivity index (χ2v) is 5.65. The quantitative estimate of drug-likeness (QED) is 0.393. The second-order valence-electron chi connectivity index (χ2n) is 3.50. The molecule has 0 fully saturated rings. The minimum atomic E-state index is -4.59. The third kappa shape index (κ3) is 3.20. The predicted octanol–water partition coefficient (Wildman–Crippen LogP) is 2.80. The topological polar surface area (TPSA) is 84.4 Å². The summed E-state index contributed by atoms with van der Waals surface area (Å²) in [5, 5.41) is 18.6. The number of amidine groups is 1. The van der Waals surface area contributed by atoms with Gasteiger partial charge in [0.1, 0.15) is 5.51 Å². The van der Waals surface area contributed by atoms with Crippen LogP contribution in [0.15, 0.2) is 38.1 Å². The molecule has 0 aliphatic rings. The average molecular weight is 320 g/mol. The number of halogens is 3. The van der Waals surface area contributed by atoms with Crippen LogP contribution < -0.4 is 5.73 Å². The Morgan fingerprint density at radius 1 is 1.40 bits per heavy atom. The fourth-order valence-electron chi connectivity index (χ4n) is 1.41. The summed E-state index contributed by atoms with van der Waals surface area (Å²) in [5.41, 5.74) is 5.47. The molecule has 2 aromatic rings. The average Bonchev–Trinajstić information content (AvgIpc) is 2.89. The third-order valence-electron chi connectivity index (χ3n) is 2.23. The van der Waals surface area contributed by atoms with E-state index in [0.29, 0.717) is 9.24 Å². The van der Waals surface area contributed by atoms with Gasteiger partial charge in [0.25, 0.3) is 0 Å². The maximum atomic E-state index is 12.8. The van der Waals surface area contributed by atoms with Gasteiger partial charge in [-0.05, 0) is 18.2 Å². The molecule has 0 spiro atoms. The zero-order valence-corrected chi connectivity index (χ0v) is 11.3. The van der Waals surface area contributed by atoms with Crippen molar-refractivity contribution in [1.29, 1.82) is 0 Å². The zero-order valence-electron chi connectivity index (χ0n) is 9.63. The molecule has 0 aliphatic heterocycles. The van der Waals surface area contributed by atoms with Crippen LogP contribution in [0.2, 0.25) is 0 Å². The molecule has 3 N–H and O–H groups in total. The molecule has 0 amide bonds. The minimum Gasteiger partial charge on any atom is -0.409 e. The van der Waals surface area contributed by atoms with Crippen molar-refractivity contribution in [2.75, 3.05) is 0 Å². The molecule has 106 valence electrons. The number of benzene rings is 1. The van der Waals surface area contributed by atoms with Crippen LogP contribution in [0.3, 0.4) is 0 Å². The van der Waals surface area contributed by atoms with Gasteiger partial charge in [-0.15, -0.1) is 10.2 Å². The Morgan fingerprint density at radius 3 is 2.70 bits per heavy atom. The first-order valence-corrected chi connectivity index (χ1v) is 6.74. The van der Waals surface area contributed by atoms with Crippen molar-refractivity contribution in [2.24, 2.45) is 10.9 Å². The van der Waals surface area contributed by atoms with E-state index in [9.17, 15) is 13.2 Å². The molecule has 5 nitrogen and oxygen atoms in total. The molecule has 2 rings (SSSR count). The number of aromatic nitrogens is 2. The molecule has 0 aliphatic carbocycles. The lowest BCUT2D eigenvalue weighted by atomic mass is 10.1. The molecule has 0 saturated carbocycles. The maximum absolute atomic E-state index is 12.8. The van der Waals surface area contributed by atoms with Crippen molar-refractivity contribution < 1.29 is 18.4 Å². The molecule has 20 heavy (non-hydrogen) atoms. The summed E-state index contributed by atoms with van der Waals surface area (Å²) in [4.78, 5) is 0.483. The van der Waals surface area contributed by atoms with Crippen molar-refractivity contribution >= 4 is 28.9 Å². The van der Waals surface area contributed by atoms with Gasteiger partial charge >= 0.3 is 6.18 Å². The van der Waals surface area contributed by atoms with Crippen molar-refractivity contribution in [3.8, 4) is 0 Å². The highest BCUT2D eigenvalue weighted by Gasteiger charge is 2.34. The first-order chi connectivity index (χ1) is 9.41. The van der Waals surface area contributed by atoms with E-state index in [1.165, 1.54) is 29.0 Å². The lowest BCUT2D eigenvalue weighted by Gasteiger charge is -2.12. The highest BCUT2D eigenvalue weighted by molar-refractivity contribution is 8.01. The van der Waals surface area contributed by atoms with E-state index in [0.717, 1.165) is 17.8 Å². The highest BCUT2D eigenvalue weighted by atomic mass is 32.2.